The Kier molecular flexibility index (Phi) is 6.43. The summed E-state index contributed by atoms with van der Waals surface area (Å²) in [5.74, 6) is 0.670. The van der Waals surface area contributed by atoms with Gasteiger partial charge in [-0.25, -0.2) is 4.83 Å². The molecule has 0 saturated heterocycles. The highest BCUT2D eigenvalue weighted by Gasteiger charge is 2.19. The van der Waals surface area contributed by atoms with Crippen molar-refractivity contribution in [2.45, 2.75) is 18.4 Å². The molecule has 0 saturated carbocycles. The summed E-state index contributed by atoms with van der Waals surface area (Å²) in [5, 5.41) is 14.7. The monoisotopic (exact) mass is 425 g/mol. The van der Waals surface area contributed by atoms with E-state index in [2.05, 4.69) is 9.93 Å². The van der Waals surface area contributed by atoms with Crippen molar-refractivity contribution in [2.24, 2.45) is 5.10 Å². The van der Waals surface area contributed by atoms with Gasteiger partial charge in [-0.15, -0.1) is 0 Å². The zero-order valence-corrected chi connectivity index (χ0v) is 16.9. The topological polar surface area (TPSA) is 111 Å². The number of nitro groups is 1. The highest BCUT2D eigenvalue weighted by Crippen LogP contribution is 2.22. The molecule has 0 bridgehead atoms. The van der Waals surface area contributed by atoms with Gasteiger partial charge in [0.2, 0.25) is 0 Å². The number of benzene rings is 3. The van der Waals surface area contributed by atoms with Gasteiger partial charge in [0.15, 0.2) is 0 Å². The summed E-state index contributed by atoms with van der Waals surface area (Å²) < 4.78 is 30.3. The lowest BCUT2D eigenvalue weighted by Crippen LogP contribution is -2.18. The van der Waals surface area contributed by atoms with Crippen LogP contribution in [0.25, 0.3) is 0 Å². The van der Waals surface area contributed by atoms with Gasteiger partial charge < -0.3 is 4.74 Å². The lowest BCUT2D eigenvalue weighted by atomic mass is 10.2. The summed E-state index contributed by atoms with van der Waals surface area (Å²) in [5.41, 5.74) is 1.80. The second kappa shape index (κ2) is 9.19. The number of sulfonamides is 1. The SMILES string of the molecule is Cc1ccc(S(=O)(=O)N/N=C/c2ccc(OCc3ccccc3)cc2)cc1[N+](=O)[O-]. The number of nitrogens with zero attached hydrogens (tertiary/aromatic N) is 2. The third-order valence-electron chi connectivity index (χ3n) is 4.20. The van der Waals surface area contributed by atoms with E-state index in [9.17, 15) is 18.5 Å². The standard InChI is InChI=1S/C21H19N3O5S/c1-16-7-12-20(13-21(16)24(25)26)30(27,28)23-22-14-17-8-10-19(11-9-17)29-15-18-5-3-2-4-6-18/h2-14,23H,15H2,1H3/b22-14+. The molecule has 3 rings (SSSR count). The Balaban J connectivity index is 1.62. The molecule has 0 aromatic heterocycles. The Morgan fingerprint density at radius 3 is 2.43 bits per heavy atom. The van der Waals surface area contributed by atoms with Crippen LogP contribution in [0.5, 0.6) is 5.75 Å². The lowest BCUT2D eigenvalue weighted by Gasteiger charge is -2.06. The third kappa shape index (κ3) is 5.42. The Morgan fingerprint density at radius 1 is 1.07 bits per heavy atom. The molecule has 0 aliphatic rings. The summed E-state index contributed by atoms with van der Waals surface area (Å²) >= 11 is 0. The molecule has 0 aliphatic heterocycles. The van der Waals surface area contributed by atoms with Crippen LogP contribution in [0.4, 0.5) is 5.69 Å². The normalized spacial score (nSPS) is 11.4. The number of aryl methyl sites for hydroxylation is 1. The van der Waals surface area contributed by atoms with Crippen molar-refractivity contribution in [1.29, 1.82) is 0 Å². The largest absolute Gasteiger partial charge is 0.489 e. The van der Waals surface area contributed by atoms with Crippen molar-refractivity contribution in [3.05, 3.63) is 99.6 Å². The first-order valence-corrected chi connectivity index (χ1v) is 10.4. The van der Waals surface area contributed by atoms with Crippen LogP contribution in [-0.4, -0.2) is 19.6 Å². The first kappa shape index (κ1) is 21.0. The molecule has 1 N–H and O–H groups in total. The molecule has 154 valence electrons. The second-order valence-corrected chi connectivity index (χ2v) is 8.06. The second-order valence-electron chi connectivity index (χ2n) is 6.40. The molecular formula is C21H19N3O5S. The Labute approximate surface area is 174 Å². The predicted octanol–water partition coefficient (Wildman–Crippen LogP) is 3.79. The van der Waals surface area contributed by atoms with Crippen LogP contribution < -0.4 is 9.57 Å². The smallest absolute Gasteiger partial charge is 0.276 e. The van der Waals surface area contributed by atoms with E-state index in [0.717, 1.165) is 11.6 Å². The van der Waals surface area contributed by atoms with Gasteiger partial charge in [0.25, 0.3) is 15.7 Å². The fraction of sp³-hybridized carbons (Fsp3) is 0.0952. The maximum absolute atomic E-state index is 12.3. The van der Waals surface area contributed by atoms with Gasteiger partial charge in [-0.1, -0.05) is 36.4 Å². The fourth-order valence-electron chi connectivity index (χ4n) is 2.57. The summed E-state index contributed by atoms with van der Waals surface area (Å²) in [6.45, 7) is 1.98. The highest BCUT2D eigenvalue weighted by atomic mass is 32.2. The van der Waals surface area contributed by atoms with Crippen LogP contribution in [0.15, 0.2) is 82.8 Å². The van der Waals surface area contributed by atoms with Crippen molar-refractivity contribution in [2.75, 3.05) is 0 Å². The summed E-state index contributed by atoms with van der Waals surface area (Å²) in [7, 11) is -4.03. The van der Waals surface area contributed by atoms with E-state index in [1.807, 2.05) is 30.3 Å². The third-order valence-corrected chi connectivity index (χ3v) is 5.42. The average Bonchev–Trinajstić information content (AvgIpc) is 2.74. The van der Waals surface area contributed by atoms with E-state index in [0.29, 0.717) is 23.5 Å². The number of ether oxygens (including phenoxy) is 1. The molecule has 0 fully saturated rings. The predicted molar refractivity (Wildman–Crippen MR) is 113 cm³/mol. The molecule has 8 nitrogen and oxygen atoms in total. The highest BCUT2D eigenvalue weighted by molar-refractivity contribution is 7.89. The first-order chi connectivity index (χ1) is 14.3. The van der Waals surface area contributed by atoms with Gasteiger partial charge in [0.1, 0.15) is 12.4 Å². The van der Waals surface area contributed by atoms with Crippen LogP contribution >= 0.6 is 0 Å². The molecule has 0 unspecified atom stereocenters. The van der Waals surface area contributed by atoms with Crippen LogP contribution in [0.1, 0.15) is 16.7 Å². The Morgan fingerprint density at radius 2 is 1.77 bits per heavy atom. The van der Waals surface area contributed by atoms with E-state index in [1.54, 1.807) is 24.3 Å². The number of nitro benzene ring substituents is 1. The van der Waals surface area contributed by atoms with Crippen molar-refractivity contribution >= 4 is 21.9 Å². The molecule has 3 aromatic rings. The van der Waals surface area contributed by atoms with Gasteiger partial charge in [-0.3, -0.25) is 10.1 Å². The number of hydrogen-bond acceptors (Lipinski definition) is 6. The van der Waals surface area contributed by atoms with E-state index >= 15 is 0 Å². The van der Waals surface area contributed by atoms with Crippen molar-refractivity contribution in [1.82, 2.24) is 4.83 Å². The van der Waals surface area contributed by atoms with Crippen LogP contribution in [0, 0.1) is 17.0 Å². The number of nitrogens with one attached hydrogen (secondary N) is 1. The van der Waals surface area contributed by atoms with Gasteiger partial charge in [-0.05, 0) is 48.4 Å². The number of hydrazone groups is 1. The van der Waals surface area contributed by atoms with Gasteiger partial charge in [-0.2, -0.15) is 13.5 Å². The van der Waals surface area contributed by atoms with Crippen LogP contribution in [-0.2, 0) is 16.6 Å². The zero-order valence-electron chi connectivity index (χ0n) is 16.1. The van der Waals surface area contributed by atoms with E-state index in [-0.39, 0.29) is 10.6 Å². The minimum Gasteiger partial charge on any atom is -0.489 e. The Bertz CT molecular complexity index is 1160. The summed E-state index contributed by atoms with van der Waals surface area (Å²) in [6.07, 6.45) is 1.33. The molecule has 0 spiro atoms. The van der Waals surface area contributed by atoms with Gasteiger partial charge in [0.05, 0.1) is 16.0 Å². The van der Waals surface area contributed by atoms with E-state index < -0.39 is 14.9 Å². The van der Waals surface area contributed by atoms with Crippen molar-refractivity contribution in [3.8, 4) is 5.75 Å². The molecule has 3 aromatic carbocycles. The van der Waals surface area contributed by atoms with E-state index in [1.165, 1.54) is 25.3 Å². The molecule has 9 heteroatoms. The quantitative estimate of drug-likeness (QED) is 0.335. The minimum absolute atomic E-state index is 0.235. The summed E-state index contributed by atoms with van der Waals surface area (Å²) in [4.78, 5) is 12.2. The lowest BCUT2D eigenvalue weighted by molar-refractivity contribution is -0.385. The molecule has 0 amide bonds. The summed E-state index contributed by atoms with van der Waals surface area (Å²) in [6, 6.07) is 20.4. The minimum atomic E-state index is -4.03. The van der Waals surface area contributed by atoms with E-state index in [4.69, 9.17) is 4.74 Å². The van der Waals surface area contributed by atoms with Crippen LogP contribution in [0.2, 0.25) is 0 Å². The Hall–Kier alpha value is -3.72. The molecule has 0 atom stereocenters. The molecule has 0 radical (unpaired) electrons. The molecular weight excluding hydrogens is 406 g/mol. The van der Waals surface area contributed by atoms with Gasteiger partial charge in [0, 0.05) is 11.6 Å². The van der Waals surface area contributed by atoms with Gasteiger partial charge >= 0.3 is 0 Å². The van der Waals surface area contributed by atoms with Crippen molar-refractivity contribution < 1.29 is 18.1 Å². The number of rotatable bonds is 8. The maximum Gasteiger partial charge on any atom is 0.276 e. The van der Waals surface area contributed by atoms with Crippen molar-refractivity contribution in [3.63, 3.8) is 0 Å². The van der Waals surface area contributed by atoms with Crippen LogP contribution in [0.3, 0.4) is 0 Å². The zero-order chi connectivity index (χ0) is 21.6. The fourth-order valence-corrected chi connectivity index (χ4v) is 3.38. The number of hydrogen-bond donors (Lipinski definition) is 1. The molecule has 30 heavy (non-hydrogen) atoms. The molecule has 0 heterocycles. The first-order valence-electron chi connectivity index (χ1n) is 8.92. The average molecular weight is 425 g/mol. The molecule has 0 aliphatic carbocycles. The maximum atomic E-state index is 12.3.